The van der Waals surface area contributed by atoms with Crippen LogP contribution in [-0.4, -0.2) is 26.6 Å². The summed E-state index contributed by atoms with van der Waals surface area (Å²) in [7, 11) is -2.23. The summed E-state index contributed by atoms with van der Waals surface area (Å²) in [5, 5.41) is 6.54. The molecular formula is C23H25N3O5S. The third kappa shape index (κ3) is 5.43. The van der Waals surface area contributed by atoms with Crippen LogP contribution in [0.2, 0.25) is 0 Å². The Hall–Kier alpha value is -3.43. The number of methoxy groups -OCH3 is 1. The minimum atomic E-state index is -3.77. The molecule has 0 saturated heterocycles. The van der Waals surface area contributed by atoms with Crippen LogP contribution in [0, 0.1) is 13.8 Å². The molecule has 0 bridgehead atoms. The lowest BCUT2D eigenvalue weighted by Crippen LogP contribution is -2.24. The van der Waals surface area contributed by atoms with Gasteiger partial charge in [-0.05, 0) is 43.2 Å². The molecule has 9 heteroatoms. The quantitative estimate of drug-likeness (QED) is 0.533. The number of amides is 1. The topological polar surface area (TPSA) is 111 Å². The van der Waals surface area contributed by atoms with Crippen LogP contribution >= 0.6 is 0 Å². The van der Waals surface area contributed by atoms with Gasteiger partial charge in [-0.2, -0.15) is 0 Å². The molecule has 0 radical (unpaired) electrons. The molecule has 8 nitrogen and oxygen atoms in total. The Morgan fingerprint density at radius 3 is 2.62 bits per heavy atom. The molecule has 0 aliphatic carbocycles. The van der Waals surface area contributed by atoms with Crippen molar-refractivity contribution in [2.75, 3.05) is 12.4 Å². The molecule has 1 amide bonds. The molecule has 0 spiro atoms. The van der Waals surface area contributed by atoms with Gasteiger partial charge in [-0.1, -0.05) is 41.6 Å². The molecule has 0 saturated carbocycles. The number of para-hydroxylation sites is 1. The van der Waals surface area contributed by atoms with Crippen LogP contribution in [-0.2, 0) is 21.4 Å². The van der Waals surface area contributed by atoms with Crippen LogP contribution < -0.4 is 14.8 Å². The Balaban J connectivity index is 1.84. The number of nitrogens with one attached hydrogen (secondary N) is 2. The van der Waals surface area contributed by atoms with Gasteiger partial charge in [-0.15, -0.1) is 0 Å². The normalized spacial score (nSPS) is 11.6. The van der Waals surface area contributed by atoms with Crippen molar-refractivity contribution < 1.29 is 22.5 Å². The highest BCUT2D eigenvalue weighted by Crippen LogP contribution is 2.24. The number of nitrogens with zero attached hydrogens (tertiary/aromatic N) is 1. The number of hydrogen-bond acceptors (Lipinski definition) is 6. The lowest BCUT2D eigenvalue weighted by molar-refractivity contribution is -0.114. The largest absolute Gasteiger partial charge is 0.496 e. The van der Waals surface area contributed by atoms with Gasteiger partial charge in [0.15, 0.2) is 5.76 Å². The second kappa shape index (κ2) is 9.80. The summed E-state index contributed by atoms with van der Waals surface area (Å²) >= 11 is 0. The molecule has 3 aromatic rings. The van der Waals surface area contributed by atoms with E-state index in [0.29, 0.717) is 34.0 Å². The molecule has 3 rings (SSSR count). The van der Waals surface area contributed by atoms with Gasteiger partial charge in [0.25, 0.3) is 0 Å². The third-order valence-electron chi connectivity index (χ3n) is 4.76. The zero-order valence-electron chi connectivity index (χ0n) is 18.3. The maximum absolute atomic E-state index is 13.0. The van der Waals surface area contributed by atoms with Gasteiger partial charge in [0.2, 0.25) is 15.9 Å². The molecule has 2 N–H and O–H groups in total. The van der Waals surface area contributed by atoms with Crippen LogP contribution in [0.25, 0.3) is 12.2 Å². The molecule has 0 aliphatic rings. The average molecular weight is 456 g/mol. The van der Waals surface area contributed by atoms with Gasteiger partial charge in [-0.25, -0.2) is 13.1 Å². The Bertz CT molecular complexity index is 1260. The van der Waals surface area contributed by atoms with E-state index < -0.39 is 10.0 Å². The smallest absolute Gasteiger partial charge is 0.241 e. The lowest BCUT2D eigenvalue weighted by Gasteiger charge is -2.12. The van der Waals surface area contributed by atoms with Gasteiger partial charge < -0.3 is 14.6 Å². The molecule has 0 unspecified atom stereocenters. The summed E-state index contributed by atoms with van der Waals surface area (Å²) in [5.41, 5.74) is 3.03. The van der Waals surface area contributed by atoms with Gasteiger partial charge in [0.05, 0.1) is 12.0 Å². The second-order valence-electron chi connectivity index (χ2n) is 7.18. The maximum atomic E-state index is 13.0. The first-order valence-electron chi connectivity index (χ1n) is 9.85. The summed E-state index contributed by atoms with van der Waals surface area (Å²) in [6.45, 7) is 4.95. The van der Waals surface area contributed by atoms with Crippen LogP contribution in [0.4, 0.5) is 5.69 Å². The molecule has 32 heavy (non-hydrogen) atoms. The van der Waals surface area contributed by atoms with E-state index in [-0.39, 0.29) is 17.3 Å². The number of benzene rings is 2. The maximum Gasteiger partial charge on any atom is 0.241 e. The van der Waals surface area contributed by atoms with Crippen molar-refractivity contribution in [3.8, 4) is 5.75 Å². The fraction of sp³-hybridized carbons (Fsp3) is 0.217. The summed E-state index contributed by atoms with van der Waals surface area (Å²) < 4.78 is 39.1. The summed E-state index contributed by atoms with van der Waals surface area (Å²) in [6, 6.07) is 12.3. The van der Waals surface area contributed by atoms with E-state index in [2.05, 4.69) is 15.2 Å². The molecular weight excluding hydrogens is 430 g/mol. The van der Waals surface area contributed by atoms with E-state index in [1.807, 2.05) is 12.1 Å². The third-order valence-corrected chi connectivity index (χ3v) is 6.31. The van der Waals surface area contributed by atoms with Crippen molar-refractivity contribution in [2.45, 2.75) is 32.2 Å². The van der Waals surface area contributed by atoms with Crippen LogP contribution in [0.15, 0.2) is 51.9 Å². The summed E-state index contributed by atoms with van der Waals surface area (Å²) in [6.07, 6.45) is 3.33. The predicted octanol–water partition coefficient (Wildman–Crippen LogP) is 3.91. The number of aryl methyl sites for hydroxylation is 2. The number of anilines is 1. The van der Waals surface area contributed by atoms with E-state index in [4.69, 9.17) is 9.26 Å². The van der Waals surface area contributed by atoms with Crippen LogP contribution in [0.1, 0.15) is 35.1 Å². The molecule has 1 aromatic heterocycles. The summed E-state index contributed by atoms with van der Waals surface area (Å²) in [5.74, 6) is 0.744. The standard InChI is InChI=1S/C23H25N3O5S/c1-15-9-10-18(11-12-21-23(25-17(3)27)16(2)26-31-21)13-22(15)32(28,29)24-14-19-7-5-6-8-20(19)30-4/h5-13,24H,14H2,1-4H3,(H,25,27). The van der Waals surface area contributed by atoms with Gasteiger partial charge in [0.1, 0.15) is 17.1 Å². The van der Waals surface area contributed by atoms with Crippen molar-refractivity contribution in [3.63, 3.8) is 0 Å². The number of carbonyl (C=O) groups excluding carboxylic acids is 1. The lowest BCUT2D eigenvalue weighted by atomic mass is 10.1. The van der Waals surface area contributed by atoms with Crippen LogP contribution in [0.3, 0.4) is 0 Å². The molecule has 0 fully saturated rings. The monoisotopic (exact) mass is 455 g/mol. The second-order valence-corrected chi connectivity index (χ2v) is 8.92. The first-order valence-corrected chi connectivity index (χ1v) is 11.3. The van der Waals surface area contributed by atoms with Crippen molar-refractivity contribution in [1.29, 1.82) is 0 Å². The Morgan fingerprint density at radius 2 is 1.91 bits per heavy atom. The van der Waals surface area contributed by atoms with Crippen LogP contribution in [0.5, 0.6) is 5.75 Å². The fourth-order valence-corrected chi connectivity index (χ4v) is 4.39. The minimum Gasteiger partial charge on any atom is -0.496 e. The molecule has 0 aliphatic heterocycles. The first kappa shape index (κ1) is 23.2. The highest BCUT2D eigenvalue weighted by atomic mass is 32.2. The minimum absolute atomic E-state index is 0.100. The summed E-state index contributed by atoms with van der Waals surface area (Å²) in [4.78, 5) is 11.6. The van der Waals surface area contributed by atoms with Gasteiger partial charge in [0, 0.05) is 19.0 Å². The van der Waals surface area contributed by atoms with Crippen molar-refractivity contribution in [1.82, 2.24) is 9.88 Å². The molecule has 0 atom stereocenters. The molecule has 168 valence electrons. The predicted molar refractivity (Wildman–Crippen MR) is 123 cm³/mol. The van der Waals surface area contributed by atoms with E-state index in [0.717, 1.165) is 5.56 Å². The number of sulfonamides is 1. The number of carbonyl (C=O) groups is 1. The molecule has 1 heterocycles. The molecule has 2 aromatic carbocycles. The number of aromatic nitrogens is 1. The number of hydrogen-bond donors (Lipinski definition) is 2. The average Bonchev–Trinajstić information content (AvgIpc) is 3.10. The van der Waals surface area contributed by atoms with E-state index in [1.165, 1.54) is 6.92 Å². The van der Waals surface area contributed by atoms with E-state index >= 15 is 0 Å². The Labute approximate surface area is 187 Å². The zero-order valence-corrected chi connectivity index (χ0v) is 19.1. The van der Waals surface area contributed by atoms with Gasteiger partial charge >= 0.3 is 0 Å². The Morgan fingerprint density at radius 1 is 1.16 bits per heavy atom. The van der Waals surface area contributed by atoms with E-state index in [9.17, 15) is 13.2 Å². The highest BCUT2D eigenvalue weighted by Gasteiger charge is 2.18. The van der Waals surface area contributed by atoms with E-state index in [1.54, 1.807) is 63.4 Å². The Kier molecular flexibility index (Phi) is 7.12. The van der Waals surface area contributed by atoms with Crippen molar-refractivity contribution >= 4 is 33.8 Å². The van der Waals surface area contributed by atoms with Crippen molar-refractivity contribution in [2.24, 2.45) is 0 Å². The number of ether oxygens (including phenoxy) is 1. The highest BCUT2D eigenvalue weighted by molar-refractivity contribution is 7.89. The first-order chi connectivity index (χ1) is 15.2. The van der Waals surface area contributed by atoms with Gasteiger partial charge in [-0.3, -0.25) is 4.79 Å². The number of rotatable bonds is 8. The SMILES string of the molecule is COc1ccccc1CNS(=O)(=O)c1cc(C=Cc2onc(C)c2NC(C)=O)ccc1C. The zero-order chi connectivity index (χ0) is 23.3. The van der Waals surface area contributed by atoms with Crippen molar-refractivity contribution in [3.05, 3.63) is 70.6 Å². The fourth-order valence-electron chi connectivity index (χ4n) is 3.11.